The molecule has 4 heterocycles. The number of aryl methyl sites for hydroxylation is 4. The molecule has 2 aromatic heterocycles. The van der Waals surface area contributed by atoms with E-state index < -0.39 is 0 Å². The van der Waals surface area contributed by atoms with Crippen LogP contribution in [0.15, 0.2) is 51.3 Å². The third-order valence-corrected chi connectivity index (χ3v) is 10.0. The number of likely N-dealkylation sites (tertiary alicyclic amines) is 2. The minimum Gasteiger partial charge on any atom is -0.494 e. The molecule has 3 atom stereocenters. The minimum absolute atomic E-state index is 0.295. The van der Waals surface area contributed by atoms with Gasteiger partial charge in [-0.15, -0.1) is 0 Å². The Hall–Kier alpha value is -3.62. The van der Waals surface area contributed by atoms with E-state index in [0.29, 0.717) is 24.7 Å². The number of hydrogen-bond donors (Lipinski definition) is 0. The summed E-state index contributed by atoms with van der Waals surface area (Å²) >= 11 is 0. The maximum absolute atomic E-state index is 5.99. The predicted molar refractivity (Wildman–Crippen MR) is 184 cm³/mol. The fourth-order valence-corrected chi connectivity index (χ4v) is 7.56. The van der Waals surface area contributed by atoms with Gasteiger partial charge in [-0.25, -0.2) is 9.97 Å². The fourth-order valence-electron chi connectivity index (χ4n) is 7.56. The molecule has 0 bridgehead atoms. The van der Waals surface area contributed by atoms with E-state index in [9.17, 15) is 0 Å². The molecule has 1 aliphatic carbocycles. The molecule has 0 radical (unpaired) electrons. The molecule has 2 aromatic carbocycles. The highest BCUT2D eigenvalue weighted by Crippen LogP contribution is 2.45. The summed E-state index contributed by atoms with van der Waals surface area (Å²) in [6.45, 7) is 16.6. The Balaban J connectivity index is 0.000000166. The van der Waals surface area contributed by atoms with Gasteiger partial charge in [0.25, 0.3) is 0 Å². The lowest BCUT2D eigenvalue weighted by Crippen LogP contribution is -2.31. The van der Waals surface area contributed by atoms with E-state index >= 15 is 0 Å². The van der Waals surface area contributed by atoms with Crippen molar-refractivity contribution in [2.75, 3.05) is 26.3 Å². The Bertz CT molecular complexity index is 1590. The lowest BCUT2D eigenvalue weighted by Gasteiger charge is -2.36. The molecule has 3 unspecified atom stereocenters. The molecule has 8 nitrogen and oxygen atoms in total. The first-order valence-corrected chi connectivity index (χ1v) is 17.7. The van der Waals surface area contributed by atoms with Gasteiger partial charge in [0, 0.05) is 12.6 Å². The molecule has 4 aromatic rings. The molecule has 0 spiro atoms. The quantitative estimate of drug-likeness (QED) is 0.180. The molecule has 2 aliphatic heterocycles. The molecular weight excluding hydrogens is 588 g/mol. The van der Waals surface area contributed by atoms with Crippen LogP contribution in [-0.2, 0) is 13.0 Å². The van der Waals surface area contributed by atoms with Gasteiger partial charge in [-0.2, -0.15) is 0 Å². The summed E-state index contributed by atoms with van der Waals surface area (Å²) in [5.74, 6) is 5.67. The van der Waals surface area contributed by atoms with Crippen LogP contribution in [0.3, 0.4) is 0 Å². The molecule has 0 amide bonds. The van der Waals surface area contributed by atoms with Crippen molar-refractivity contribution in [2.45, 2.75) is 111 Å². The van der Waals surface area contributed by atoms with E-state index in [1.54, 1.807) is 0 Å². The van der Waals surface area contributed by atoms with E-state index in [2.05, 4.69) is 58.1 Å². The van der Waals surface area contributed by atoms with Gasteiger partial charge < -0.3 is 18.3 Å². The maximum atomic E-state index is 5.99. The molecule has 2 saturated heterocycles. The van der Waals surface area contributed by atoms with Gasteiger partial charge in [-0.3, -0.25) is 9.80 Å². The van der Waals surface area contributed by atoms with Crippen LogP contribution in [0.5, 0.6) is 11.5 Å². The first-order valence-electron chi connectivity index (χ1n) is 17.7. The Morgan fingerprint density at radius 1 is 0.745 bits per heavy atom. The standard InChI is InChI=1S/C21H28N2O2.C18H24N2O2/c1-4-24-20-12-6-8-16-17(20)9-5-10-18(16)23-13-7-11-19(23)21-22-14(2)15(3)25-21;1-4-21-16-8-5-7-15(11-16)12-20-10-6-9-17(20)18-19-13(2)14(3)22-18/h6,8,12,18-19H,4-5,7,9-11,13H2,1-3H3;5,7-8,11,17H,4,6,9-10,12H2,1-3H3. The van der Waals surface area contributed by atoms with Crippen LogP contribution in [0.4, 0.5) is 0 Å². The molecular formula is C39H52N4O4. The van der Waals surface area contributed by atoms with Crippen molar-refractivity contribution in [1.29, 1.82) is 0 Å². The van der Waals surface area contributed by atoms with E-state index in [-0.39, 0.29) is 0 Å². The van der Waals surface area contributed by atoms with Gasteiger partial charge in [-0.1, -0.05) is 24.3 Å². The summed E-state index contributed by atoms with van der Waals surface area (Å²) in [6.07, 6.45) is 8.20. The number of nitrogens with zero attached hydrogens (tertiary/aromatic N) is 4. The second-order valence-corrected chi connectivity index (χ2v) is 13.2. The molecule has 3 aliphatic rings. The van der Waals surface area contributed by atoms with E-state index in [1.807, 2.05) is 40.7 Å². The smallest absolute Gasteiger partial charge is 0.212 e. The Morgan fingerprint density at radius 2 is 1.40 bits per heavy atom. The summed E-state index contributed by atoms with van der Waals surface area (Å²) < 4.78 is 23.3. The highest BCUT2D eigenvalue weighted by atomic mass is 16.5. The topological polar surface area (TPSA) is 77.0 Å². The highest BCUT2D eigenvalue weighted by molar-refractivity contribution is 5.43. The Labute approximate surface area is 280 Å². The number of ether oxygens (including phenoxy) is 2. The van der Waals surface area contributed by atoms with E-state index in [1.165, 1.54) is 42.4 Å². The lowest BCUT2D eigenvalue weighted by molar-refractivity contribution is 0.142. The number of hydrogen-bond acceptors (Lipinski definition) is 8. The predicted octanol–water partition coefficient (Wildman–Crippen LogP) is 8.93. The number of rotatable bonds is 9. The normalized spacial score (nSPS) is 21.4. The second-order valence-electron chi connectivity index (χ2n) is 13.2. The molecule has 0 N–H and O–H groups in total. The van der Waals surface area contributed by atoms with Gasteiger partial charge in [0.2, 0.25) is 11.8 Å². The third-order valence-electron chi connectivity index (χ3n) is 10.0. The lowest BCUT2D eigenvalue weighted by atomic mass is 9.86. The molecule has 7 rings (SSSR count). The van der Waals surface area contributed by atoms with Crippen LogP contribution in [-0.4, -0.2) is 46.1 Å². The number of aromatic nitrogens is 2. The van der Waals surface area contributed by atoms with Crippen molar-refractivity contribution in [1.82, 2.24) is 19.8 Å². The zero-order valence-electron chi connectivity index (χ0n) is 29.2. The van der Waals surface area contributed by atoms with E-state index in [4.69, 9.17) is 23.3 Å². The average molecular weight is 641 g/mol. The van der Waals surface area contributed by atoms with Gasteiger partial charge in [0.15, 0.2) is 0 Å². The minimum atomic E-state index is 0.295. The van der Waals surface area contributed by atoms with Crippen LogP contribution in [0.1, 0.15) is 122 Å². The first kappa shape index (κ1) is 33.3. The third kappa shape index (κ3) is 7.44. The first-order chi connectivity index (χ1) is 22.9. The zero-order chi connectivity index (χ0) is 32.9. The molecule has 0 saturated carbocycles. The Kier molecular flexibility index (Phi) is 10.7. The van der Waals surface area contributed by atoms with Crippen LogP contribution in [0.2, 0.25) is 0 Å². The largest absolute Gasteiger partial charge is 0.494 e. The SMILES string of the molecule is CCOc1cccc(CN2CCCC2c2nc(C)c(C)o2)c1.CCOc1cccc2c1CCCC2N1CCCC1c1nc(C)c(C)o1. The van der Waals surface area contributed by atoms with Crippen molar-refractivity contribution in [3.63, 3.8) is 0 Å². The monoisotopic (exact) mass is 640 g/mol. The maximum Gasteiger partial charge on any atom is 0.212 e. The van der Waals surface area contributed by atoms with Crippen LogP contribution >= 0.6 is 0 Å². The molecule has 47 heavy (non-hydrogen) atoms. The number of fused-ring (bicyclic) bond motifs is 1. The molecule has 2 fully saturated rings. The van der Waals surface area contributed by atoms with Gasteiger partial charge in [0.05, 0.1) is 36.7 Å². The highest BCUT2D eigenvalue weighted by Gasteiger charge is 2.38. The second kappa shape index (κ2) is 15.1. The summed E-state index contributed by atoms with van der Waals surface area (Å²) in [7, 11) is 0. The summed E-state index contributed by atoms with van der Waals surface area (Å²) in [5, 5.41) is 0. The number of benzene rings is 2. The summed E-state index contributed by atoms with van der Waals surface area (Å²) in [4.78, 5) is 14.4. The van der Waals surface area contributed by atoms with Crippen molar-refractivity contribution in [3.8, 4) is 11.5 Å². The van der Waals surface area contributed by atoms with Crippen molar-refractivity contribution < 1.29 is 18.3 Å². The van der Waals surface area contributed by atoms with Crippen molar-refractivity contribution >= 4 is 0 Å². The van der Waals surface area contributed by atoms with Crippen LogP contribution in [0, 0.1) is 27.7 Å². The molecule has 8 heteroatoms. The fraction of sp³-hybridized carbons (Fsp3) is 0.538. The van der Waals surface area contributed by atoms with E-state index in [0.717, 1.165) is 91.7 Å². The average Bonchev–Trinajstić information content (AvgIpc) is 3.87. The van der Waals surface area contributed by atoms with Gasteiger partial charge in [0.1, 0.15) is 23.0 Å². The summed E-state index contributed by atoms with van der Waals surface area (Å²) in [5.41, 5.74) is 6.15. The van der Waals surface area contributed by atoms with Crippen LogP contribution < -0.4 is 9.47 Å². The Morgan fingerprint density at radius 3 is 2.11 bits per heavy atom. The number of oxazole rings is 2. The summed E-state index contributed by atoms with van der Waals surface area (Å²) in [6, 6.07) is 16.0. The zero-order valence-corrected chi connectivity index (χ0v) is 29.2. The van der Waals surface area contributed by atoms with Crippen LogP contribution in [0.25, 0.3) is 0 Å². The van der Waals surface area contributed by atoms with Crippen molar-refractivity contribution in [3.05, 3.63) is 93.8 Å². The molecule has 252 valence electrons. The van der Waals surface area contributed by atoms with Gasteiger partial charge >= 0.3 is 0 Å². The van der Waals surface area contributed by atoms with Crippen molar-refractivity contribution in [2.24, 2.45) is 0 Å². The van der Waals surface area contributed by atoms with Gasteiger partial charge in [-0.05, 0) is 134 Å².